The standard InChI is InChI=1S/C26H23N3O3S2/c1-13-7-14(2)9-17(8-13)27-21(30)12-33-26-28-19-6-5-18(11-20(19)34-26)29-24(31)22-15-3-4-16(10-15)23(22)25(29)32/h3-9,11,15-16,22-23H,10,12H2,1-2H3,(H,27,30)/t15-,16-,22+,23+/m0/s1. The van der Waals surface area contributed by atoms with Crippen LogP contribution in [0.3, 0.4) is 0 Å². The van der Waals surface area contributed by atoms with Gasteiger partial charge in [0, 0.05) is 5.69 Å². The Morgan fingerprint density at radius 1 is 1.06 bits per heavy atom. The molecule has 6 nitrogen and oxygen atoms in total. The number of allylic oxidation sites excluding steroid dienone is 2. The normalized spacial score (nSPS) is 24.9. The summed E-state index contributed by atoms with van der Waals surface area (Å²) in [6.45, 7) is 4.01. The van der Waals surface area contributed by atoms with Crippen molar-refractivity contribution in [2.75, 3.05) is 16.0 Å². The fraction of sp³-hybridized carbons (Fsp3) is 0.308. The number of nitrogens with zero attached hydrogens (tertiary/aromatic N) is 2. The SMILES string of the molecule is Cc1cc(C)cc(NC(=O)CSc2nc3ccc(N4C(=O)[C@H]5[C@H](C4=O)[C@H]4C=C[C@H]5C4)cc3s2)c1. The zero-order valence-electron chi connectivity index (χ0n) is 18.8. The monoisotopic (exact) mass is 489 g/mol. The van der Waals surface area contributed by atoms with Crippen LogP contribution in [0.25, 0.3) is 10.2 Å². The zero-order valence-corrected chi connectivity index (χ0v) is 20.4. The first kappa shape index (κ1) is 21.6. The van der Waals surface area contributed by atoms with Crippen molar-refractivity contribution in [3.05, 3.63) is 59.7 Å². The van der Waals surface area contributed by atoms with Gasteiger partial charge < -0.3 is 5.32 Å². The van der Waals surface area contributed by atoms with Crippen LogP contribution in [0.1, 0.15) is 17.5 Å². The maximum absolute atomic E-state index is 13.1. The number of carbonyl (C=O) groups excluding carboxylic acids is 3. The van der Waals surface area contributed by atoms with E-state index in [0.29, 0.717) is 5.69 Å². The first-order valence-corrected chi connectivity index (χ1v) is 13.2. The minimum Gasteiger partial charge on any atom is -0.325 e. The van der Waals surface area contributed by atoms with Crippen molar-refractivity contribution >= 4 is 62.4 Å². The molecule has 6 rings (SSSR count). The van der Waals surface area contributed by atoms with Gasteiger partial charge in [-0.05, 0) is 73.6 Å². The summed E-state index contributed by atoms with van der Waals surface area (Å²) in [7, 11) is 0. The number of imide groups is 1. The number of carbonyl (C=O) groups is 3. The van der Waals surface area contributed by atoms with E-state index in [0.717, 1.165) is 37.8 Å². The largest absolute Gasteiger partial charge is 0.325 e. The second kappa shape index (κ2) is 8.06. The molecular weight excluding hydrogens is 466 g/mol. The minimum absolute atomic E-state index is 0.0756. The van der Waals surface area contributed by atoms with E-state index in [1.165, 1.54) is 28.0 Å². The molecule has 172 valence electrons. The zero-order chi connectivity index (χ0) is 23.6. The van der Waals surface area contributed by atoms with Gasteiger partial charge in [-0.3, -0.25) is 14.4 Å². The molecule has 1 aromatic heterocycles. The van der Waals surface area contributed by atoms with Crippen LogP contribution in [0, 0.1) is 37.5 Å². The Hall–Kier alpha value is -2.97. The Morgan fingerprint density at radius 3 is 2.41 bits per heavy atom. The second-order valence-corrected chi connectivity index (χ2v) is 11.6. The van der Waals surface area contributed by atoms with Crippen molar-refractivity contribution in [1.29, 1.82) is 0 Å². The van der Waals surface area contributed by atoms with Crippen LogP contribution in [0.4, 0.5) is 11.4 Å². The smallest absolute Gasteiger partial charge is 0.238 e. The van der Waals surface area contributed by atoms with Crippen molar-refractivity contribution in [3.63, 3.8) is 0 Å². The average Bonchev–Trinajstić information content (AvgIpc) is 3.54. The maximum Gasteiger partial charge on any atom is 0.238 e. The number of hydrogen-bond donors (Lipinski definition) is 1. The van der Waals surface area contributed by atoms with Crippen molar-refractivity contribution in [3.8, 4) is 0 Å². The summed E-state index contributed by atoms with van der Waals surface area (Å²) >= 11 is 2.85. The highest BCUT2D eigenvalue weighted by Crippen LogP contribution is 2.53. The highest BCUT2D eigenvalue weighted by Gasteiger charge is 2.59. The van der Waals surface area contributed by atoms with Crippen molar-refractivity contribution < 1.29 is 14.4 Å². The number of anilines is 2. The quantitative estimate of drug-likeness (QED) is 0.311. The van der Waals surface area contributed by atoms with Crippen LogP contribution in [-0.2, 0) is 14.4 Å². The van der Waals surface area contributed by atoms with E-state index < -0.39 is 0 Å². The lowest BCUT2D eigenvalue weighted by Gasteiger charge is -2.17. The molecule has 0 unspecified atom stereocenters. The molecule has 2 aromatic carbocycles. The van der Waals surface area contributed by atoms with Gasteiger partial charge in [0.2, 0.25) is 17.7 Å². The Kier molecular flexibility index (Phi) is 5.11. The number of hydrogen-bond acceptors (Lipinski definition) is 6. The predicted octanol–water partition coefficient (Wildman–Crippen LogP) is 4.96. The van der Waals surface area contributed by atoms with E-state index >= 15 is 0 Å². The molecule has 2 bridgehead atoms. The van der Waals surface area contributed by atoms with Gasteiger partial charge in [0.25, 0.3) is 0 Å². The van der Waals surface area contributed by atoms with Crippen LogP contribution in [-0.4, -0.2) is 28.5 Å². The Balaban J connectivity index is 1.16. The number of aryl methyl sites for hydroxylation is 2. The van der Waals surface area contributed by atoms with Gasteiger partial charge in [0.1, 0.15) is 0 Å². The average molecular weight is 490 g/mol. The molecule has 3 amide bonds. The molecular formula is C26H23N3O3S2. The topological polar surface area (TPSA) is 79.4 Å². The van der Waals surface area contributed by atoms with Gasteiger partial charge in [-0.1, -0.05) is 30.0 Å². The molecule has 1 aliphatic heterocycles. The summed E-state index contributed by atoms with van der Waals surface area (Å²) in [5.41, 5.74) is 4.42. The number of fused-ring (bicyclic) bond motifs is 6. The van der Waals surface area contributed by atoms with Crippen LogP contribution in [0.15, 0.2) is 52.9 Å². The lowest BCUT2D eigenvalue weighted by Crippen LogP contribution is -2.32. The van der Waals surface area contributed by atoms with Crippen LogP contribution >= 0.6 is 23.1 Å². The molecule has 2 aliphatic carbocycles. The van der Waals surface area contributed by atoms with Crippen molar-refractivity contribution in [2.24, 2.45) is 23.7 Å². The summed E-state index contributed by atoms with van der Waals surface area (Å²) in [4.78, 5) is 44.7. The number of thiazole rings is 1. The Bertz CT molecular complexity index is 1340. The van der Waals surface area contributed by atoms with Crippen LogP contribution < -0.4 is 10.2 Å². The summed E-state index contributed by atoms with van der Waals surface area (Å²) in [6, 6.07) is 11.5. The molecule has 1 saturated carbocycles. The molecule has 1 N–H and O–H groups in total. The molecule has 2 fully saturated rings. The van der Waals surface area contributed by atoms with Crippen LogP contribution in [0.2, 0.25) is 0 Å². The number of benzene rings is 2. The number of amides is 3. The molecule has 34 heavy (non-hydrogen) atoms. The molecule has 3 aromatic rings. The minimum atomic E-state index is -0.207. The van der Waals surface area contributed by atoms with Gasteiger partial charge >= 0.3 is 0 Å². The number of rotatable bonds is 5. The van der Waals surface area contributed by atoms with E-state index in [9.17, 15) is 14.4 Å². The third-order valence-electron chi connectivity index (χ3n) is 6.91. The first-order valence-electron chi connectivity index (χ1n) is 11.3. The van der Waals surface area contributed by atoms with Gasteiger partial charge in [-0.25, -0.2) is 9.88 Å². The highest BCUT2D eigenvalue weighted by molar-refractivity contribution is 8.01. The summed E-state index contributed by atoms with van der Waals surface area (Å²) in [6.07, 6.45) is 5.13. The third-order valence-corrected chi connectivity index (χ3v) is 9.07. The molecule has 0 spiro atoms. The fourth-order valence-electron chi connectivity index (χ4n) is 5.62. The van der Waals surface area contributed by atoms with Crippen molar-refractivity contribution in [1.82, 2.24) is 4.98 Å². The Morgan fingerprint density at radius 2 is 1.74 bits per heavy atom. The van der Waals surface area contributed by atoms with E-state index in [1.807, 2.05) is 38.1 Å². The van der Waals surface area contributed by atoms with E-state index in [4.69, 9.17) is 0 Å². The Labute approximate surface area is 205 Å². The van der Waals surface area contributed by atoms with Gasteiger partial charge in [-0.15, -0.1) is 11.3 Å². The molecule has 8 heteroatoms. The highest BCUT2D eigenvalue weighted by atomic mass is 32.2. The molecule has 1 saturated heterocycles. The molecule has 0 radical (unpaired) electrons. The lowest BCUT2D eigenvalue weighted by atomic mass is 9.85. The van der Waals surface area contributed by atoms with Gasteiger partial charge in [-0.2, -0.15) is 0 Å². The van der Waals surface area contributed by atoms with Crippen molar-refractivity contribution in [2.45, 2.75) is 24.6 Å². The summed E-state index contributed by atoms with van der Waals surface area (Å²) in [5, 5.41) is 2.95. The van der Waals surface area contributed by atoms with E-state index in [-0.39, 0.29) is 47.1 Å². The third kappa shape index (κ3) is 3.56. The number of nitrogens with one attached hydrogen (secondary N) is 1. The summed E-state index contributed by atoms with van der Waals surface area (Å²) < 4.78 is 1.68. The molecule has 3 aliphatic rings. The molecule has 2 heterocycles. The second-order valence-electron chi connectivity index (χ2n) is 9.36. The lowest BCUT2D eigenvalue weighted by molar-refractivity contribution is -0.123. The summed E-state index contributed by atoms with van der Waals surface area (Å²) in [5.74, 6) is -0.00684. The van der Waals surface area contributed by atoms with Gasteiger partial charge in [0.15, 0.2) is 4.34 Å². The first-order chi connectivity index (χ1) is 16.4. The van der Waals surface area contributed by atoms with Gasteiger partial charge in [0.05, 0.1) is 33.5 Å². The van der Waals surface area contributed by atoms with Crippen LogP contribution in [0.5, 0.6) is 0 Å². The van der Waals surface area contributed by atoms with E-state index in [2.05, 4.69) is 28.5 Å². The fourth-order valence-corrected chi connectivity index (χ4v) is 7.52. The number of thioether (sulfide) groups is 1. The van der Waals surface area contributed by atoms with E-state index in [1.54, 1.807) is 6.07 Å². The maximum atomic E-state index is 13.1. The molecule has 4 atom stereocenters. The predicted molar refractivity (Wildman–Crippen MR) is 135 cm³/mol. The number of aromatic nitrogens is 1.